The molecule has 2 amide bonds. The Bertz CT molecular complexity index is 837. The molecule has 1 atom stereocenters. The van der Waals surface area contributed by atoms with Gasteiger partial charge in [-0.15, -0.1) is 0 Å². The average molecular weight is 432 g/mol. The second-order valence-electron chi connectivity index (χ2n) is 6.13. The van der Waals surface area contributed by atoms with Gasteiger partial charge in [-0.2, -0.15) is 5.10 Å². The Balaban J connectivity index is 1.96. The Morgan fingerprint density at radius 2 is 1.70 bits per heavy atom. The Morgan fingerprint density at radius 3 is 2.41 bits per heavy atom. The number of benzene rings is 2. The summed E-state index contributed by atoms with van der Waals surface area (Å²) in [5.41, 5.74) is 3.73. The predicted molar refractivity (Wildman–Crippen MR) is 110 cm³/mol. The van der Waals surface area contributed by atoms with E-state index in [1.807, 2.05) is 44.2 Å². The number of hydrogen-bond donors (Lipinski definition) is 2. The van der Waals surface area contributed by atoms with Gasteiger partial charge in [-0.05, 0) is 61.0 Å². The van der Waals surface area contributed by atoms with Crippen molar-refractivity contribution in [3.05, 3.63) is 58.6 Å². The first kappa shape index (κ1) is 20.6. The lowest BCUT2D eigenvalue weighted by molar-refractivity contribution is -0.131. The van der Waals surface area contributed by atoms with Gasteiger partial charge >= 0.3 is 0 Å². The molecule has 2 aromatic carbocycles. The molecule has 0 fully saturated rings. The van der Waals surface area contributed by atoms with Crippen molar-refractivity contribution in [1.29, 1.82) is 0 Å². The SMILES string of the molecule is CC(C)Oc1ccccc1C=NNC(=O)C(C)C(=O)Nc1ccccc1Br. The molecule has 0 heterocycles. The summed E-state index contributed by atoms with van der Waals surface area (Å²) in [6.07, 6.45) is 1.52. The van der Waals surface area contributed by atoms with E-state index in [0.717, 1.165) is 10.0 Å². The van der Waals surface area contributed by atoms with Crippen molar-refractivity contribution in [1.82, 2.24) is 5.43 Å². The van der Waals surface area contributed by atoms with Gasteiger partial charge in [0.1, 0.15) is 11.7 Å². The molecule has 2 rings (SSSR count). The highest BCUT2D eigenvalue weighted by Gasteiger charge is 2.21. The van der Waals surface area contributed by atoms with Crippen LogP contribution < -0.4 is 15.5 Å². The summed E-state index contributed by atoms with van der Waals surface area (Å²) in [6, 6.07) is 14.6. The second kappa shape index (κ2) is 9.87. The molecule has 0 saturated heterocycles. The molecule has 27 heavy (non-hydrogen) atoms. The Kier molecular flexibility index (Phi) is 7.55. The smallest absolute Gasteiger partial charge is 0.252 e. The molecule has 1 unspecified atom stereocenters. The summed E-state index contributed by atoms with van der Waals surface area (Å²) in [5.74, 6) is -1.15. The topological polar surface area (TPSA) is 79.8 Å². The van der Waals surface area contributed by atoms with Crippen molar-refractivity contribution in [3.8, 4) is 5.75 Å². The fraction of sp³-hybridized carbons (Fsp3) is 0.250. The van der Waals surface area contributed by atoms with Crippen molar-refractivity contribution in [2.75, 3.05) is 5.32 Å². The maximum Gasteiger partial charge on any atom is 0.252 e. The van der Waals surface area contributed by atoms with Gasteiger partial charge in [-0.1, -0.05) is 24.3 Å². The summed E-state index contributed by atoms with van der Waals surface area (Å²) in [6.45, 7) is 5.38. The molecular formula is C20H22BrN3O3. The summed E-state index contributed by atoms with van der Waals surface area (Å²) in [5, 5.41) is 6.65. The minimum absolute atomic E-state index is 0.0233. The van der Waals surface area contributed by atoms with E-state index in [4.69, 9.17) is 4.74 Å². The monoisotopic (exact) mass is 431 g/mol. The minimum atomic E-state index is -0.906. The number of halogens is 1. The molecule has 2 N–H and O–H groups in total. The first-order valence-corrected chi connectivity index (χ1v) is 9.31. The zero-order valence-electron chi connectivity index (χ0n) is 15.4. The lowest BCUT2D eigenvalue weighted by atomic mass is 10.1. The molecule has 0 spiro atoms. The van der Waals surface area contributed by atoms with Crippen molar-refractivity contribution >= 4 is 39.6 Å². The first-order chi connectivity index (χ1) is 12.9. The standard InChI is InChI=1S/C20H22BrN3O3/c1-13(2)27-18-11-7-4-8-15(18)12-22-24-20(26)14(3)19(25)23-17-10-6-5-9-16(17)21/h4-14H,1-3H3,(H,23,25)(H,24,26). The molecule has 0 aliphatic carbocycles. The van der Waals surface area contributed by atoms with Crippen LogP contribution in [0.5, 0.6) is 5.75 Å². The molecule has 7 heteroatoms. The van der Waals surface area contributed by atoms with Gasteiger partial charge in [-0.25, -0.2) is 5.43 Å². The maximum absolute atomic E-state index is 12.2. The van der Waals surface area contributed by atoms with Gasteiger partial charge in [-0.3, -0.25) is 9.59 Å². The van der Waals surface area contributed by atoms with Gasteiger partial charge in [0.25, 0.3) is 5.91 Å². The summed E-state index contributed by atoms with van der Waals surface area (Å²) in [7, 11) is 0. The van der Waals surface area contributed by atoms with Crippen LogP contribution in [0.25, 0.3) is 0 Å². The fourth-order valence-corrected chi connectivity index (χ4v) is 2.52. The number of carbonyl (C=O) groups is 2. The number of rotatable bonds is 7. The molecule has 2 aromatic rings. The van der Waals surface area contributed by atoms with Crippen molar-refractivity contribution in [2.24, 2.45) is 11.0 Å². The van der Waals surface area contributed by atoms with Crippen LogP contribution in [0.3, 0.4) is 0 Å². The Labute approximate surface area is 167 Å². The zero-order valence-corrected chi connectivity index (χ0v) is 17.0. The number of para-hydroxylation sites is 2. The fourth-order valence-electron chi connectivity index (χ4n) is 2.13. The van der Waals surface area contributed by atoms with Crippen LogP contribution in [0.4, 0.5) is 5.69 Å². The summed E-state index contributed by atoms with van der Waals surface area (Å²) < 4.78 is 6.44. The van der Waals surface area contributed by atoms with Crippen molar-refractivity contribution in [3.63, 3.8) is 0 Å². The van der Waals surface area contributed by atoms with E-state index in [9.17, 15) is 9.59 Å². The van der Waals surface area contributed by atoms with E-state index in [-0.39, 0.29) is 6.10 Å². The van der Waals surface area contributed by atoms with Gasteiger partial charge in [0, 0.05) is 10.0 Å². The number of nitrogens with one attached hydrogen (secondary N) is 2. The van der Waals surface area contributed by atoms with E-state index in [1.54, 1.807) is 18.2 Å². The van der Waals surface area contributed by atoms with Crippen molar-refractivity contribution in [2.45, 2.75) is 26.9 Å². The van der Waals surface area contributed by atoms with Gasteiger partial charge in [0.05, 0.1) is 18.0 Å². The normalized spacial score (nSPS) is 12.0. The highest BCUT2D eigenvalue weighted by atomic mass is 79.9. The van der Waals surface area contributed by atoms with Gasteiger partial charge in [0.15, 0.2) is 0 Å². The second-order valence-corrected chi connectivity index (χ2v) is 6.98. The minimum Gasteiger partial charge on any atom is -0.490 e. The molecule has 0 bridgehead atoms. The Hall–Kier alpha value is -2.67. The van der Waals surface area contributed by atoms with Crippen LogP contribution >= 0.6 is 15.9 Å². The van der Waals surface area contributed by atoms with Gasteiger partial charge < -0.3 is 10.1 Å². The summed E-state index contributed by atoms with van der Waals surface area (Å²) in [4.78, 5) is 24.4. The van der Waals surface area contributed by atoms with Crippen LogP contribution in [0.1, 0.15) is 26.3 Å². The third-order valence-corrected chi connectivity index (χ3v) is 4.27. The molecule has 0 radical (unpaired) electrons. The number of hydrazone groups is 1. The van der Waals surface area contributed by atoms with Crippen LogP contribution in [0.2, 0.25) is 0 Å². The zero-order chi connectivity index (χ0) is 19.8. The van der Waals surface area contributed by atoms with Crippen LogP contribution in [-0.4, -0.2) is 24.1 Å². The van der Waals surface area contributed by atoms with E-state index in [2.05, 4.69) is 31.8 Å². The van der Waals surface area contributed by atoms with E-state index >= 15 is 0 Å². The van der Waals surface area contributed by atoms with Crippen molar-refractivity contribution < 1.29 is 14.3 Å². The van der Waals surface area contributed by atoms with Crippen LogP contribution in [0, 0.1) is 5.92 Å². The lowest BCUT2D eigenvalue weighted by Gasteiger charge is -2.12. The largest absolute Gasteiger partial charge is 0.490 e. The summed E-state index contributed by atoms with van der Waals surface area (Å²) >= 11 is 3.35. The molecule has 0 saturated carbocycles. The third kappa shape index (κ3) is 6.21. The lowest BCUT2D eigenvalue weighted by Crippen LogP contribution is -2.34. The molecule has 0 aliphatic heterocycles. The average Bonchev–Trinajstić information content (AvgIpc) is 2.63. The van der Waals surface area contributed by atoms with E-state index in [1.165, 1.54) is 13.1 Å². The first-order valence-electron chi connectivity index (χ1n) is 8.52. The van der Waals surface area contributed by atoms with Gasteiger partial charge in [0.2, 0.25) is 5.91 Å². The quantitative estimate of drug-likeness (QED) is 0.395. The number of nitrogens with zero attached hydrogens (tertiary/aromatic N) is 1. The number of carbonyl (C=O) groups excluding carboxylic acids is 2. The van der Waals surface area contributed by atoms with Crippen LogP contribution in [-0.2, 0) is 9.59 Å². The van der Waals surface area contributed by atoms with Crippen LogP contribution in [0.15, 0.2) is 58.1 Å². The maximum atomic E-state index is 12.2. The predicted octanol–water partition coefficient (Wildman–Crippen LogP) is 3.96. The highest BCUT2D eigenvalue weighted by molar-refractivity contribution is 9.10. The number of hydrogen-bond acceptors (Lipinski definition) is 4. The molecular weight excluding hydrogens is 410 g/mol. The van der Waals surface area contributed by atoms with E-state index < -0.39 is 17.7 Å². The number of amides is 2. The number of ether oxygens (including phenoxy) is 1. The third-order valence-electron chi connectivity index (χ3n) is 3.58. The van der Waals surface area contributed by atoms with E-state index in [0.29, 0.717) is 11.4 Å². The molecule has 0 aromatic heterocycles. The molecule has 6 nitrogen and oxygen atoms in total. The highest BCUT2D eigenvalue weighted by Crippen LogP contribution is 2.21. The molecule has 0 aliphatic rings. The molecule has 142 valence electrons. The Morgan fingerprint density at radius 1 is 1.04 bits per heavy atom. The number of anilines is 1.